The van der Waals surface area contributed by atoms with Crippen LogP contribution in [0.25, 0.3) is 17.1 Å². The van der Waals surface area contributed by atoms with Crippen molar-refractivity contribution in [2.75, 3.05) is 18.1 Å². The highest BCUT2D eigenvalue weighted by atomic mass is 32.2. The third kappa shape index (κ3) is 5.09. The number of thioether (sulfide) groups is 1. The predicted octanol–water partition coefficient (Wildman–Crippen LogP) is 4.16. The molecule has 1 aromatic heterocycles. The smallest absolute Gasteiger partial charge is 0.251 e. The Hall–Kier alpha value is -3.98. The summed E-state index contributed by atoms with van der Waals surface area (Å²) in [5.74, 6) is -0.431. The zero-order valence-electron chi connectivity index (χ0n) is 17.7. The van der Waals surface area contributed by atoms with Gasteiger partial charge in [0.05, 0.1) is 11.3 Å². The second-order valence-electron chi connectivity index (χ2n) is 6.95. The maximum Gasteiger partial charge on any atom is 0.251 e. The van der Waals surface area contributed by atoms with E-state index >= 15 is 0 Å². The second kappa shape index (κ2) is 10.1. The van der Waals surface area contributed by atoms with Crippen LogP contribution in [0.5, 0.6) is 0 Å². The minimum atomic E-state index is -0.406. The number of benzene rings is 3. The van der Waals surface area contributed by atoms with Gasteiger partial charge in [-0.1, -0.05) is 42.1 Å². The van der Waals surface area contributed by atoms with Gasteiger partial charge in [-0.15, -0.1) is 10.2 Å². The largest absolute Gasteiger partial charge is 0.355 e. The number of nitrogens with zero attached hydrogens (tertiary/aromatic N) is 3. The van der Waals surface area contributed by atoms with Gasteiger partial charge in [-0.25, -0.2) is 4.39 Å². The van der Waals surface area contributed by atoms with Crippen molar-refractivity contribution in [3.05, 3.63) is 90.2 Å². The van der Waals surface area contributed by atoms with Gasteiger partial charge in [-0.3, -0.25) is 14.2 Å². The van der Waals surface area contributed by atoms with Gasteiger partial charge in [0, 0.05) is 24.0 Å². The Morgan fingerprint density at radius 3 is 2.33 bits per heavy atom. The Morgan fingerprint density at radius 1 is 0.939 bits per heavy atom. The quantitative estimate of drug-likeness (QED) is 0.404. The molecule has 33 heavy (non-hydrogen) atoms. The number of rotatable bonds is 7. The number of hydrogen-bond acceptors (Lipinski definition) is 5. The Bertz CT molecular complexity index is 1280. The Kier molecular flexibility index (Phi) is 6.80. The van der Waals surface area contributed by atoms with Crippen molar-refractivity contribution in [2.24, 2.45) is 0 Å². The molecule has 0 saturated heterocycles. The molecule has 0 aliphatic heterocycles. The lowest BCUT2D eigenvalue weighted by Gasteiger charge is -2.11. The standard InChI is InChI=1S/C24H20FN5O2S/c1-26-23(32)16-11-13-17(14-12-16)27-21(31)15-33-24-29-28-22(19-9-5-6-10-20(19)25)30(24)18-7-3-2-4-8-18/h2-14H,15H2,1H3,(H,26,32)(H,27,31). The van der Waals surface area contributed by atoms with Crippen molar-refractivity contribution in [1.29, 1.82) is 0 Å². The van der Waals surface area contributed by atoms with E-state index < -0.39 is 5.82 Å². The Labute approximate surface area is 194 Å². The predicted molar refractivity (Wildman–Crippen MR) is 126 cm³/mol. The average Bonchev–Trinajstić information content (AvgIpc) is 3.27. The molecule has 166 valence electrons. The number of aromatic nitrogens is 3. The zero-order valence-corrected chi connectivity index (χ0v) is 18.5. The van der Waals surface area contributed by atoms with Gasteiger partial charge in [0.2, 0.25) is 5.91 Å². The molecule has 0 bridgehead atoms. The number of halogens is 1. The monoisotopic (exact) mass is 461 g/mol. The topological polar surface area (TPSA) is 88.9 Å². The van der Waals surface area contributed by atoms with Crippen molar-refractivity contribution in [3.8, 4) is 17.1 Å². The van der Waals surface area contributed by atoms with Crippen molar-refractivity contribution in [2.45, 2.75) is 5.16 Å². The number of para-hydroxylation sites is 1. The van der Waals surface area contributed by atoms with Gasteiger partial charge >= 0.3 is 0 Å². The fourth-order valence-electron chi connectivity index (χ4n) is 3.17. The van der Waals surface area contributed by atoms with E-state index in [0.717, 1.165) is 5.69 Å². The van der Waals surface area contributed by atoms with Crippen LogP contribution in [0.4, 0.5) is 10.1 Å². The minimum absolute atomic E-state index is 0.0689. The lowest BCUT2D eigenvalue weighted by atomic mass is 10.2. The summed E-state index contributed by atoms with van der Waals surface area (Å²) >= 11 is 1.19. The molecule has 4 rings (SSSR count). The molecule has 0 fully saturated rings. The molecule has 7 nitrogen and oxygen atoms in total. The van der Waals surface area contributed by atoms with E-state index in [4.69, 9.17) is 0 Å². The fraction of sp³-hybridized carbons (Fsp3) is 0.0833. The highest BCUT2D eigenvalue weighted by Gasteiger charge is 2.19. The average molecular weight is 462 g/mol. The molecule has 2 N–H and O–H groups in total. The molecule has 4 aromatic rings. The van der Waals surface area contributed by atoms with Crippen LogP contribution in [0.1, 0.15) is 10.4 Å². The Balaban J connectivity index is 1.53. The lowest BCUT2D eigenvalue weighted by Crippen LogP contribution is -2.18. The lowest BCUT2D eigenvalue weighted by molar-refractivity contribution is -0.113. The van der Waals surface area contributed by atoms with Crippen LogP contribution < -0.4 is 10.6 Å². The van der Waals surface area contributed by atoms with Gasteiger partial charge in [-0.2, -0.15) is 0 Å². The first-order chi connectivity index (χ1) is 16.1. The summed E-state index contributed by atoms with van der Waals surface area (Å²) in [4.78, 5) is 24.2. The van der Waals surface area contributed by atoms with E-state index in [-0.39, 0.29) is 17.6 Å². The first kappa shape index (κ1) is 22.2. The third-order valence-corrected chi connectivity index (χ3v) is 5.68. The second-order valence-corrected chi connectivity index (χ2v) is 7.89. The number of amides is 2. The molecule has 9 heteroatoms. The van der Waals surface area contributed by atoms with Crippen molar-refractivity contribution >= 4 is 29.3 Å². The summed E-state index contributed by atoms with van der Waals surface area (Å²) in [7, 11) is 1.56. The molecule has 0 radical (unpaired) electrons. The van der Waals surface area contributed by atoms with Gasteiger partial charge in [0.25, 0.3) is 5.91 Å². The number of hydrogen-bond donors (Lipinski definition) is 2. The molecule has 0 atom stereocenters. The van der Waals surface area contributed by atoms with Crippen molar-refractivity contribution < 1.29 is 14.0 Å². The highest BCUT2D eigenvalue weighted by molar-refractivity contribution is 7.99. The maximum atomic E-state index is 14.5. The van der Waals surface area contributed by atoms with E-state index in [0.29, 0.717) is 27.8 Å². The molecule has 0 unspecified atom stereocenters. The van der Waals surface area contributed by atoms with E-state index in [9.17, 15) is 14.0 Å². The third-order valence-electron chi connectivity index (χ3n) is 4.75. The summed E-state index contributed by atoms with van der Waals surface area (Å²) in [6.45, 7) is 0. The number of nitrogens with one attached hydrogen (secondary N) is 2. The molecule has 0 aliphatic carbocycles. The van der Waals surface area contributed by atoms with Crippen LogP contribution in [0.3, 0.4) is 0 Å². The maximum absolute atomic E-state index is 14.5. The van der Waals surface area contributed by atoms with E-state index in [2.05, 4.69) is 20.8 Å². The van der Waals surface area contributed by atoms with Crippen LogP contribution >= 0.6 is 11.8 Å². The van der Waals surface area contributed by atoms with E-state index in [1.807, 2.05) is 30.3 Å². The summed E-state index contributed by atoms with van der Waals surface area (Å²) < 4.78 is 16.2. The summed E-state index contributed by atoms with van der Waals surface area (Å²) in [6, 6.07) is 22.3. The first-order valence-electron chi connectivity index (χ1n) is 10.1. The Morgan fingerprint density at radius 2 is 1.64 bits per heavy atom. The fourth-order valence-corrected chi connectivity index (χ4v) is 3.92. The normalized spacial score (nSPS) is 10.6. The van der Waals surface area contributed by atoms with Crippen molar-refractivity contribution in [3.63, 3.8) is 0 Å². The van der Waals surface area contributed by atoms with Crippen LogP contribution in [-0.2, 0) is 4.79 Å². The van der Waals surface area contributed by atoms with Gasteiger partial charge in [-0.05, 0) is 48.5 Å². The van der Waals surface area contributed by atoms with E-state index in [1.165, 1.54) is 17.8 Å². The van der Waals surface area contributed by atoms with Crippen LogP contribution in [0.2, 0.25) is 0 Å². The van der Waals surface area contributed by atoms with Crippen LogP contribution in [0.15, 0.2) is 84.0 Å². The molecule has 1 heterocycles. The van der Waals surface area contributed by atoms with E-state index in [1.54, 1.807) is 54.1 Å². The summed E-state index contributed by atoms with van der Waals surface area (Å²) in [6.07, 6.45) is 0. The van der Waals surface area contributed by atoms with Gasteiger partial charge < -0.3 is 10.6 Å². The minimum Gasteiger partial charge on any atom is -0.355 e. The number of carbonyl (C=O) groups is 2. The van der Waals surface area contributed by atoms with Crippen LogP contribution in [0, 0.1) is 5.82 Å². The molecule has 0 spiro atoms. The molecular weight excluding hydrogens is 441 g/mol. The molecule has 3 aromatic carbocycles. The zero-order chi connectivity index (χ0) is 23.2. The summed E-state index contributed by atoms with van der Waals surface area (Å²) in [5.41, 5.74) is 2.15. The van der Waals surface area contributed by atoms with Crippen molar-refractivity contribution in [1.82, 2.24) is 20.1 Å². The number of carbonyl (C=O) groups excluding carboxylic acids is 2. The molecular formula is C24H20FN5O2S. The molecule has 2 amide bonds. The van der Waals surface area contributed by atoms with Gasteiger partial charge in [0.1, 0.15) is 5.82 Å². The molecule has 0 aliphatic rings. The number of anilines is 1. The SMILES string of the molecule is CNC(=O)c1ccc(NC(=O)CSc2nnc(-c3ccccc3F)n2-c2ccccc2)cc1. The van der Waals surface area contributed by atoms with Gasteiger partial charge in [0.15, 0.2) is 11.0 Å². The van der Waals surface area contributed by atoms with Crippen LogP contribution in [-0.4, -0.2) is 39.4 Å². The first-order valence-corrected chi connectivity index (χ1v) is 11.1. The highest BCUT2D eigenvalue weighted by Crippen LogP contribution is 2.29. The summed E-state index contributed by atoms with van der Waals surface area (Å²) in [5, 5.41) is 14.2. The molecule has 0 saturated carbocycles.